The summed E-state index contributed by atoms with van der Waals surface area (Å²) in [6.07, 6.45) is 0. The van der Waals surface area contributed by atoms with Crippen molar-refractivity contribution < 1.29 is 22.3 Å². The third kappa shape index (κ3) is 3.27. The number of hydrogen-bond acceptors (Lipinski definition) is 5. The van der Waals surface area contributed by atoms with Crippen molar-refractivity contribution in [3.63, 3.8) is 0 Å². The second kappa shape index (κ2) is 6.86. The molecule has 5 nitrogen and oxygen atoms in total. The van der Waals surface area contributed by atoms with Gasteiger partial charge in [0.05, 0.1) is 12.8 Å². The number of nitrogens with one attached hydrogen (secondary N) is 1. The van der Waals surface area contributed by atoms with E-state index >= 15 is 0 Å². The first-order valence-electron chi connectivity index (χ1n) is 7.33. The van der Waals surface area contributed by atoms with E-state index in [0.717, 1.165) is 30.1 Å². The Balaban J connectivity index is 2.21. The predicted octanol–water partition coefficient (Wildman–Crippen LogP) is 4.59. The summed E-state index contributed by atoms with van der Waals surface area (Å²) in [5.41, 5.74) is 0.976. The van der Waals surface area contributed by atoms with Crippen LogP contribution >= 0.6 is 22.9 Å². The van der Waals surface area contributed by atoms with Crippen molar-refractivity contribution >= 4 is 54.7 Å². The average molecular weight is 414 g/mol. The fourth-order valence-electron chi connectivity index (χ4n) is 2.43. The summed E-state index contributed by atoms with van der Waals surface area (Å²) in [5.74, 6) is -1.59. The van der Waals surface area contributed by atoms with Crippen molar-refractivity contribution in [1.82, 2.24) is 0 Å². The second-order valence-corrected chi connectivity index (χ2v) is 8.51. The van der Waals surface area contributed by atoms with E-state index in [0.29, 0.717) is 9.72 Å². The zero-order valence-corrected chi connectivity index (χ0v) is 16.1. The van der Waals surface area contributed by atoms with Gasteiger partial charge in [-0.1, -0.05) is 23.7 Å². The van der Waals surface area contributed by atoms with Crippen molar-refractivity contribution in [1.29, 1.82) is 0 Å². The summed E-state index contributed by atoms with van der Waals surface area (Å²) in [4.78, 5) is 11.4. The Morgan fingerprint density at radius 3 is 2.65 bits per heavy atom. The number of rotatable bonds is 4. The highest BCUT2D eigenvalue weighted by Gasteiger charge is 2.31. The van der Waals surface area contributed by atoms with Gasteiger partial charge < -0.3 is 4.74 Å². The van der Waals surface area contributed by atoms with Crippen LogP contribution in [0.2, 0.25) is 5.02 Å². The van der Waals surface area contributed by atoms with Crippen LogP contribution in [0.1, 0.15) is 15.2 Å². The summed E-state index contributed by atoms with van der Waals surface area (Å²) >= 11 is 6.88. The number of carbonyl (C=O) groups is 1. The SMILES string of the molecule is COC(=O)c1sc2cccc(F)c2c1S(=O)(=O)Nc1ccc(C)c(Cl)c1. The van der Waals surface area contributed by atoms with Gasteiger partial charge in [0.15, 0.2) is 0 Å². The van der Waals surface area contributed by atoms with Crippen LogP contribution in [0.25, 0.3) is 10.1 Å². The molecule has 0 atom stereocenters. The quantitative estimate of drug-likeness (QED) is 0.635. The van der Waals surface area contributed by atoms with E-state index in [-0.39, 0.29) is 16.0 Å². The molecule has 9 heteroatoms. The third-order valence-electron chi connectivity index (χ3n) is 3.68. The van der Waals surface area contributed by atoms with E-state index in [1.54, 1.807) is 13.0 Å². The molecule has 1 aromatic heterocycles. The topological polar surface area (TPSA) is 72.5 Å². The monoisotopic (exact) mass is 413 g/mol. The molecule has 0 aliphatic heterocycles. The zero-order valence-electron chi connectivity index (χ0n) is 13.7. The molecule has 0 fully saturated rings. The number of fused-ring (bicyclic) bond motifs is 1. The van der Waals surface area contributed by atoms with Crippen LogP contribution in [-0.4, -0.2) is 21.5 Å². The molecule has 0 bridgehead atoms. The maximum atomic E-state index is 14.4. The normalized spacial score (nSPS) is 11.5. The lowest BCUT2D eigenvalue weighted by molar-refractivity contribution is 0.0602. The van der Waals surface area contributed by atoms with Gasteiger partial charge in [-0.25, -0.2) is 17.6 Å². The molecule has 0 saturated carbocycles. The summed E-state index contributed by atoms with van der Waals surface area (Å²) in [5, 5.41) is 0.225. The highest BCUT2D eigenvalue weighted by molar-refractivity contribution is 7.93. The van der Waals surface area contributed by atoms with Gasteiger partial charge in [-0.2, -0.15) is 0 Å². The number of aryl methyl sites for hydroxylation is 1. The molecule has 0 amide bonds. The molecule has 3 aromatic rings. The van der Waals surface area contributed by atoms with Crippen LogP contribution in [0.3, 0.4) is 0 Å². The van der Waals surface area contributed by atoms with Crippen LogP contribution in [0, 0.1) is 12.7 Å². The Labute approximate surface area is 158 Å². The van der Waals surface area contributed by atoms with E-state index in [9.17, 15) is 17.6 Å². The number of sulfonamides is 1. The molecule has 136 valence electrons. The van der Waals surface area contributed by atoms with Gasteiger partial charge in [0, 0.05) is 15.1 Å². The van der Waals surface area contributed by atoms with E-state index in [1.807, 2.05) is 0 Å². The molecule has 26 heavy (non-hydrogen) atoms. The molecule has 1 N–H and O–H groups in total. The lowest BCUT2D eigenvalue weighted by atomic mass is 10.2. The molecule has 1 heterocycles. The van der Waals surface area contributed by atoms with E-state index < -0.39 is 26.7 Å². The van der Waals surface area contributed by atoms with E-state index in [1.165, 1.54) is 24.3 Å². The Morgan fingerprint density at radius 2 is 2.00 bits per heavy atom. The minimum absolute atomic E-state index is 0.149. The largest absolute Gasteiger partial charge is 0.465 e. The van der Waals surface area contributed by atoms with Crippen molar-refractivity contribution in [2.75, 3.05) is 11.8 Å². The van der Waals surface area contributed by atoms with Gasteiger partial charge in [0.1, 0.15) is 15.6 Å². The maximum absolute atomic E-state index is 14.4. The van der Waals surface area contributed by atoms with Crippen LogP contribution in [0.4, 0.5) is 10.1 Å². The average Bonchev–Trinajstić information content (AvgIpc) is 2.99. The fraction of sp³-hybridized carbons (Fsp3) is 0.118. The van der Waals surface area contributed by atoms with Crippen molar-refractivity contribution in [2.45, 2.75) is 11.8 Å². The summed E-state index contributed by atoms with van der Waals surface area (Å²) in [6, 6.07) is 8.74. The first kappa shape index (κ1) is 18.6. The number of carbonyl (C=O) groups excluding carboxylic acids is 1. The molecule has 0 radical (unpaired) electrons. The minimum atomic E-state index is -4.27. The molecule has 0 unspecified atom stereocenters. The first-order chi connectivity index (χ1) is 12.2. The lowest BCUT2D eigenvalue weighted by Crippen LogP contribution is -2.16. The van der Waals surface area contributed by atoms with Gasteiger partial charge in [-0.15, -0.1) is 11.3 Å². The summed E-state index contributed by atoms with van der Waals surface area (Å²) < 4.78 is 47.6. The van der Waals surface area contributed by atoms with Crippen molar-refractivity contribution in [3.8, 4) is 0 Å². The molecule has 0 aliphatic carbocycles. The number of esters is 1. The number of benzene rings is 2. The summed E-state index contributed by atoms with van der Waals surface area (Å²) in [7, 11) is -3.14. The van der Waals surface area contributed by atoms with Crippen molar-refractivity contribution in [2.24, 2.45) is 0 Å². The van der Waals surface area contributed by atoms with Crippen molar-refractivity contribution in [3.05, 3.63) is 57.7 Å². The smallest absolute Gasteiger partial charge is 0.349 e. The zero-order chi connectivity index (χ0) is 19.1. The molecule has 3 rings (SSSR count). The number of halogens is 2. The van der Waals surface area contributed by atoms with Gasteiger partial charge in [-0.05, 0) is 36.8 Å². The first-order valence-corrected chi connectivity index (χ1v) is 10.0. The van der Waals surface area contributed by atoms with Gasteiger partial charge in [0.25, 0.3) is 10.0 Å². The molecule has 2 aromatic carbocycles. The number of anilines is 1. The van der Waals surface area contributed by atoms with Crippen LogP contribution in [0.5, 0.6) is 0 Å². The van der Waals surface area contributed by atoms with Crippen LogP contribution in [-0.2, 0) is 14.8 Å². The predicted molar refractivity (Wildman–Crippen MR) is 100 cm³/mol. The Bertz CT molecular complexity index is 1130. The van der Waals surface area contributed by atoms with E-state index in [2.05, 4.69) is 9.46 Å². The number of hydrogen-bond donors (Lipinski definition) is 1. The van der Waals surface area contributed by atoms with Crippen LogP contribution in [0.15, 0.2) is 41.3 Å². The Morgan fingerprint density at radius 1 is 1.27 bits per heavy atom. The van der Waals surface area contributed by atoms with E-state index in [4.69, 9.17) is 11.6 Å². The Hall–Kier alpha value is -2.16. The standard InChI is InChI=1S/C17H13ClFNO4S2/c1-9-6-7-10(8-11(9)18)20-26(22,23)16-14-12(19)4-3-5-13(14)25-15(16)17(21)24-2/h3-8,20H,1-2H3. The minimum Gasteiger partial charge on any atom is -0.465 e. The number of thiophene rings is 1. The second-order valence-electron chi connectivity index (χ2n) is 5.43. The number of ether oxygens (including phenoxy) is 1. The maximum Gasteiger partial charge on any atom is 0.349 e. The lowest BCUT2D eigenvalue weighted by Gasteiger charge is -2.10. The van der Waals surface area contributed by atoms with Crippen LogP contribution < -0.4 is 4.72 Å². The van der Waals surface area contributed by atoms with Gasteiger partial charge in [-0.3, -0.25) is 4.72 Å². The molecule has 0 saturated heterocycles. The van der Waals surface area contributed by atoms with Gasteiger partial charge >= 0.3 is 5.97 Å². The third-order valence-corrected chi connectivity index (χ3v) is 6.81. The molecule has 0 aliphatic rings. The molecular formula is C17H13ClFNO4S2. The fourth-order valence-corrected chi connectivity index (χ4v) is 5.50. The molecular weight excluding hydrogens is 401 g/mol. The highest BCUT2D eigenvalue weighted by atomic mass is 35.5. The Kier molecular flexibility index (Phi) is 4.92. The highest BCUT2D eigenvalue weighted by Crippen LogP contribution is 2.37. The van der Waals surface area contributed by atoms with Gasteiger partial charge in [0.2, 0.25) is 0 Å². The molecule has 0 spiro atoms. The number of methoxy groups -OCH3 is 1. The summed E-state index contributed by atoms with van der Waals surface area (Å²) in [6.45, 7) is 1.78.